The van der Waals surface area contributed by atoms with Crippen LogP contribution < -0.4 is 9.64 Å². The fraction of sp³-hybridized carbons (Fsp3) is 0.333. The third kappa shape index (κ3) is 5.52. The number of thioether (sulfide) groups is 1. The second kappa shape index (κ2) is 9.91. The molecule has 174 valence electrons. The lowest BCUT2D eigenvalue weighted by molar-refractivity contribution is -0.137. The highest BCUT2D eigenvalue weighted by atomic mass is 32.2. The van der Waals surface area contributed by atoms with Crippen molar-refractivity contribution < 1.29 is 22.7 Å². The van der Waals surface area contributed by atoms with Crippen LogP contribution in [0.3, 0.4) is 0 Å². The van der Waals surface area contributed by atoms with Gasteiger partial charge in [-0.3, -0.25) is 4.79 Å². The van der Waals surface area contributed by atoms with Crippen molar-refractivity contribution in [3.63, 3.8) is 0 Å². The molecule has 2 aliphatic rings. The van der Waals surface area contributed by atoms with Crippen LogP contribution in [0.5, 0.6) is 5.75 Å². The number of hydrogen-bond acceptors (Lipinski definition) is 5. The maximum atomic E-state index is 13.0. The molecule has 2 aromatic rings. The zero-order valence-corrected chi connectivity index (χ0v) is 19.0. The molecule has 0 unspecified atom stereocenters. The molecule has 0 aromatic heterocycles. The highest BCUT2D eigenvalue weighted by molar-refractivity contribution is 8.18. The minimum absolute atomic E-state index is 0.291. The van der Waals surface area contributed by atoms with Gasteiger partial charge in [0.15, 0.2) is 5.17 Å². The van der Waals surface area contributed by atoms with E-state index in [4.69, 9.17) is 4.74 Å². The first kappa shape index (κ1) is 23.2. The number of carbonyl (C=O) groups excluding carboxylic acids is 1. The molecule has 1 amide bonds. The Labute approximate surface area is 194 Å². The van der Waals surface area contributed by atoms with Gasteiger partial charge in [-0.15, -0.1) is 0 Å². The van der Waals surface area contributed by atoms with Crippen LogP contribution in [-0.4, -0.2) is 48.8 Å². The standard InChI is InChI=1S/C24H24F3N3O2S/c1-2-14-32-20-9-4-3-6-17(20)15-21-22(31)28-23(33-21)30-12-10-29(11-13-30)19-8-5-7-18(16-19)24(25,26)27/h3-9,15-16H,2,10-14H2,1H3/b21-15+. The van der Waals surface area contributed by atoms with E-state index in [0.29, 0.717) is 48.5 Å². The zero-order chi connectivity index (χ0) is 23.4. The monoisotopic (exact) mass is 475 g/mol. The van der Waals surface area contributed by atoms with Crippen molar-refractivity contribution in [1.29, 1.82) is 0 Å². The summed E-state index contributed by atoms with van der Waals surface area (Å²) in [7, 11) is 0. The van der Waals surface area contributed by atoms with Crippen molar-refractivity contribution >= 4 is 34.6 Å². The maximum Gasteiger partial charge on any atom is 0.416 e. The fourth-order valence-corrected chi connectivity index (χ4v) is 4.61. The van der Waals surface area contributed by atoms with E-state index in [2.05, 4.69) is 4.99 Å². The van der Waals surface area contributed by atoms with Crippen molar-refractivity contribution in [2.45, 2.75) is 19.5 Å². The summed E-state index contributed by atoms with van der Waals surface area (Å²) in [6, 6.07) is 12.9. The van der Waals surface area contributed by atoms with Crippen molar-refractivity contribution in [3.8, 4) is 5.75 Å². The first-order valence-corrected chi connectivity index (χ1v) is 11.6. The largest absolute Gasteiger partial charge is 0.493 e. The third-order valence-electron chi connectivity index (χ3n) is 5.37. The lowest BCUT2D eigenvalue weighted by atomic mass is 10.1. The number of halogens is 3. The minimum atomic E-state index is -4.36. The molecule has 0 atom stereocenters. The van der Waals surface area contributed by atoms with Crippen LogP contribution in [0.15, 0.2) is 58.4 Å². The van der Waals surface area contributed by atoms with Crippen molar-refractivity contribution in [1.82, 2.24) is 4.90 Å². The van der Waals surface area contributed by atoms with E-state index < -0.39 is 11.7 Å². The zero-order valence-electron chi connectivity index (χ0n) is 18.1. The number of ether oxygens (including phenoxy) is 1. The van der Waals surface area contributed by atoms with E-state index in [1.54, 1.807) is 12.1 Å². The van der Waals surface area contributed by atoms with Gasteiger partial charge in [0.25, 0.3) is 5.91 Å². The second-order valence-corrected chi connectivity index (χ2v) is 8.73. The smallest absolute Gasteiger partial charge is 0.416 e. The Hall–Kier alpha value is -2.94. The van der Waals surface area contributed by atoms with Gasteiger partial charge in [0.05, 0.1) is 17.1 Å². The molecule has 1 fully saturated rings. The Morgan fingerprint density at radius 1 is 1.06 bits per heavy atom. The highest BCUT2D eigenvalue weighted by Crippen LogP contribution is 2.34. The Kier molecular flexibility index (Phi) is 6.97. The van der Waals surface area contributed by atoms with Crippen LogP contribution in [0.4, 0.5) is 18.9 Å². The lowest BCUT2D eigenvalue weighted by Crippen LogP contribution is -2.47. The number of amidine groups is 1. The van der Waals surface area contributed by atoms with Gasteiger partial charge in [-0.05, 0) is 48.5 Å². The van der Waals surface area contributed by atoms with Crippen LogP contribution in [-0.2, 0) is 11.0 Å². The van der Waals surface area contributed by atoms with Crippen LogP contribution in [0, 0.1) is 0 Å². The van der Waals surface area contributed by atoms with Gasteiger partial charge in [-0.2, -0.15) is 18.2 Å². The predicted octanol–water partition coefficient (Wildman–Crippen LogP) is 5.29. The molecule has 0 saturated carbocycles. The highest BCUT2D eigenvalue weighted by Gasteiger charge is 2.32. The van der Waals surface area contributed by atoms with Gasteiger partial charge < -0.3 is 14.5 Å². The quantitative estimate of drug-likeness (QED) is 0.550. The number of alkyl halides is 3. The molecule has 33 heavy (non-hydrogen) atoms. The van der Waals surface area contributed by atoms with Crippen LogP contribution in [0.1, 0.15) is 24.5 Å². The van der Waals surface area contributed by atoms with Gasteiger partial charge in [-0.25, -0.2) is 0 Å². The number of aliphatic imine (C=N–C) groups is 1. The van der Waals surface area contributed by atoms with Gasteiger partial charge in [0, 0.05) is 37.4 Å². The number of piperazine rings is 1. The van der Waals surface area contributed by atoms with Crippen molar-refractivity contribution in [2.24, 2.45) is 4.99 Å². The number of para-hydroxylation sites is 1. The van der Waals surface area contributed by atoms with E-state index >= 15 is 0 Å². The Morgan fingerprint density at radius 3 is 2.52 bits per heavy atom. The average molecular weight is 476 g/mol. The number of benzene rings is 2. The van der Waals surface area contributed by atoms with Gasteiger partial charge in [0.2, 0.25) is 0 Å². The molecule has 4 rings (SSSR count). The number of anilines is 1. The first-order chi connectivity index (χ1) is 15.8. The van der Waals surface area contributed by atoms with Crippen LogP contribution in [0.2, 0.25) is 0 Å². The fourth-order valence-electron chi connectivity index (χ4n) is 3.65. The van der Waals surface area contributed by atoms with Crippen LogP contribution >= 0.6 is 11.8 Å². The van der Waals surface area contributed by atoms with Gasteiger partial charge in [0.1, 0.15) is 5.75 Å². The number of rotatable bonds is 5. The molecule has 0 bridgehead atoms. The number of nitrogens with zero attached hydrogens (tertiary/aromatic N) is 3. The summed E-state index contributed by atoms with van der Waals surface area (Å²) in [5.74, 6) is 0.434. The minimum Gasteiger partial charge on any atom is -0.493 e. The first-order valence-electron chi connectivity index (χ1n) is 10.8. The molecule has 0 spiro atoms. The summed E-state index contributed by atoms with van der Waals surface area (Å²) >= 11 is 1.32. The maximum absolute atomic E-state index is 13.0. The summed E-state index contributed by atoms with van der Waals surface area (Å²) < 4.78 is 44.8. The predicted molar refractivity (Wildman–Crippen MR) is 125 cm³/mol. The molecule has 0 aliphatic carbocycles. The number of hydrogen-bond donors (Lipinski definition) is 0. The van der Waals surface area contributed by atoms with Crippen molar-refractivity contribution in [3.05, 3.63) is 64.6 Å². The molecular weight excluding hydrogens is 451 g/mol. The summed E-state index contributed by atoms with van der Waals surface area (Å²) in [4.78, 5) is 21.2. The van der Waals surface area contributed by atoms with Gasteiger partial charge >= 0.3 is 6.18 Å². The second-order valence-electron chi connectivity index (χ2n) is 7.72. The number of amides is 1. The van der Waals surface area contributed by atoms with E-state index in [1.165, 1.54) is 23.9 Å². The third-order valence-corrected chi connectivity index (χ3v) is 6.41. The Balaban J connectivity index is 1.40. The molecule has 1 saturated heterocycles. The Bertz CT molecular complexity index is 1080. The lowest BCUT2D eigenvalue weighted by Gasteiger charge is -2.36. The molecule has 9 heteroatoms. The summed E-state index contributed by atoms with van der Waals surface area (Å²) in [6.07, 6.45) is -1.68. The summed E-state index contributed by atoms with van der Waals surface area (Å²) in [5.41, 5.74) is 0.722. The molecule has 2 heterocycles. The van der Waals surface area contributed by atoms with E-state index in [9.17, 15) is 18.0 Å². The SMILES string of the molecule is CCCOc1ccccc1/C=C1/SC(N2CCN(c3cccc(C(F)(F)F)c3)CC2)=NC1=O. The molecule has 0 N–H and O–H groups in total. The van der Waals surface area contributed by atoms with E-state index in [-0.39, 0.29) is 5.91 Å². The summed E-state index contributed by atoms with van der Waals surface area (Å²) in [6.45, 7) is 4.85. The Morgan fingerprint density at radius 2 is 1.79 bits per heavy atom. The van der Waals surface area contributed by atoms with Crippen LogP contribution in [0.25, 0.3) is 6.08 Å². The summed E-state index contributed by atoms with van der Waals surface area (Å²) in [5, 5.41) is 0.627. The molecule has 2 aliphatic heterocycles. The topological polar surface area (TPSA) is 45.1 Å². The van der Waals surface area contributed by atoms with E-state index in [1.807, 2.05) is 41.0 Å². The normalized spacial score (nSPS) is 18.1. The van der Waals surface area contributed by atoms with Gasteiger partial charge in [-0.1, -0.05) is 31.2 Å². The van der Waals surface area contributed by atoms with E-state index in [0.717, 1.165) is 23.8 Å². The van der Waals surface area contributed by atoms with Crippen molar-refractivity contribution in [2.75, 3.05) is 37.7 Å². The number of carbonyl (C=O) groups is 1. The molecule has 2 aromatic carbocycles. The molecular formula is C24H24F3N3O2S. The molecule has 5 nitrogen and oxygen atoms in total. The molecule has 0 radical (unpaired) electrons. The average Bonchev–Trinajstić information content (AvgIpc) is 3.18.